The van der Waals surface area contributed by atoms with Crippen molar-refractivity contribution in [1.82, 2.24) is 10.3 Å². The molecule has 3 aromatic rings. The summed E-state index contributed by atoms with van der Waals surface area (Å²) in [5, 5.41) is 6.42. The lowest BCUT2D eigenvalue weighted by molar-refractivity contribution is 0.102. The van der Waals surface area contributed by atoms with E-state index in [2.05, 4.69) is 36.4 Å². The van der Waals surface area contributed by atoms with Crippen molar-refractivity contribution >= 4 is 22.8 Å². The highest BCUT2D eigenvalue weighted by molar-refractivity contribution is 7.90. The highest BCUT2D eigenvalue weighted by Crippen LogP contribution is 2.41. The standard InChI is InChI=1S/C32H41N3O4S/c1-20-8-9-23(17-28(20)39-25-12-15-34-24(18-25)16-22-10-13-33-14-11-22)31(36)35-27-19-26(32(3,4)5)21(2)30(40(7)37)29(27)38-6/h8-9,12,15,17-19,22,33H,10-11,13-14,16H2,1-7H3,(H,35,36). The summed E-state index contributed by atoms with van der Waals surface area (Å²) in [5.74, 6) is 2.04. The van der Waals surface area contributed by atoms with E-state index in [0.717, 1.165) is 54.7 Å². The lowest BCUT2D eigenvalue weighted by Crippen LogP contribution is -2.28. The Morgan fingerprint density at radius 3 is 2.52 bits per heavy atom. The van der Waals surface area contributed by atoms with Gasteiger partial charge in [-0.15, -0.1) is 0 Å². The first-order valence-corrected chi connectivity index (χ1v) is 15.3. The minimum absolute atomic E-state index is 0.216. The Kier molecular flexibility index (Phi) is 9.44. The van der Waals surface area contributed by atoms with Crippen LogP contribution >= 0.6 is 0 Å². The average Bonchev–Trinajstić information content (AvgIpc) is 2.90. The summed E-state index contributed by atoms with van der Waals surface area (Å²) in [6.45, 7) is 12.3. The zero-order chi connectivity index (χ0) is 29.0. The second kappa shape index (κ2) is 12.6. The van der Waals surface area contributed by atoms with Gasteiger partial charge in [-0.25, -0.2) is 0 Å². The number of ether oxygens (including phenoxy) is 2. The van der Waals surface area contributed by atoms with E-state index in [0.29, 0.717) is 39.3 Å². The number of methoxy groups -OCH3 is 1. The molecule has 8 heteroatoms. The van der Waals surface area contributed by atoms with Gasteiger partial charge in [0.1, 0.15) is 17.8 Å². The number of pyridine rings is 1. The molecule has 1 aromatic heterocycles. The van der Waals surface area contributed by atoms with Crippen LogP contribution in [0.1, 0.15) is 66.4 Å². The molecule has 0 radical (unpaired) electrons. The third-order valence-corrected chi connectivity index (χ3v) is 8.52. The maximum Gasteiger partial charge on any atom is 0.255 e. The number of anilines is 1. The van der Waals surface area contributed by atoms with Gasteiger partial charge in [-0.2, -0.15) is 0 Å². The molecule has 214 valence electrons. The molecular weight excluding hydrogens is 522 g/mol. The second-order valence-electron chi connectivity index (χ2n) is 11.6. The highest BCUT2D eigenvalue weighted by Gasteiger charge is 2.29. The molecule has 1 fully saturated rings. The molecule has 1 saturated heterocycles. The predicted octanol–water partition coefficient (Wildman–Crippen LogP) is 6.33. The van der Waals surface area contributed by atoms with Crippen LogP contribution in [0, 0.1) is 19.8 Å². The van der Waals surface area contributed by atoms with Gasteiger partial charge in [0.2, 0.25) is 0 Å². The summed E-state index contributed by atoms with van der Waals surface area (Å²) in [5.41, 5.74) is 4.56. The quantitative estimate of drug-likeness (QED) is 0.311. The maximum absolute atomic E-state index is 13.5. The van der Waals surface area contributed by atoms with Gasteiger partial charge in [-0.1, -0.05) is 26.8 Å². The molecule has 2 N–H and O–H groups in total. The Hall–Kier alpha value is -3.07. The van der Waals surface area contributed by atoms with E-state index >= 15 is 0 Å². The molecule has 0 saturated carbocycles. The summed E-state index contributed by atoms with van der Waals surface area (Å²) in [7, 11) is 1.53. The Morgan fingerprint density at radius 1 is 1.15 bits per heavy atom. The lowest BCUT2D eigenvalue weighted by atomic mass is 9.83. The van der Waals surface area contributed by atoms with Crippen molar-refractivity contribution in [2.45, 2.75) is 64.2 Å². The van der Waals surface area contributed by atoms with Crippen molar-refractivity contribution in [2.24, 2.45) is 5.92 Å². The first-order chi connectivity index (χ1) is 19.0. The molecule has 1 aliphatic rings. The molecule has 4 rings (SSSR count). The van der Waals surface area contributed by atoms with Gasteiger partial charge in [0.25, 0.3) is 5.91 Å². The van der Waals surface area contributed by atoms with Gasteiger partial charge in [0.05, 0.1) is 12.8 Å². The number of nitrogens with zero attached hydrogens (tertiary/aromatic N) is 1. The number of carbonyl (C=O) groups excluding carboxylic acids is 1. The molecular formula is C32H41N3O4S. The van der Waals surface area contributed by atoms with E-state index < -0.39 is 11.2 Å². The van der Waals surface area contributed by atoms with Crippen LogP contribution in [0.15, 0.2) is 47.5 Å². The molecule has 0 aliphatic carbocycles. The highest BCUT2D eigenvalue weighted by atomic mass is 32.2. The summed E-state index contributed by atoms with van der Waals surface area (Å²) < 4.78 is 24.6. The monoisotopic (exact) mass is 563 g/mol. The van der Waals surface area contributed by atoms with Crippen LogP contribution in [0.5, 0.6) is 17.2 Å². The van der Waals surface area contributed by atoms with Crippen molar-refractivity contribution in [3.8, 4) is 17.2 Å². The van der Waals surface area contributed by atoms with Gasteiger partial charge >= 0.3 is 0 Å². The number of carbonyl (C=O) groups is 1. The van der Waals surface area contributed by atoms with Crippen LogP contribution in [0.2, 0.25) is 0 Å². The van der Waals surface area contributed by atoms with Gasteiger partial charge in [0, 0.05) is 29.1 Å². The van der Waals surface area contributed by atoms with Crippen molar-refractivity contribution in [3.05, 3.63) is 70.5 Å². The van der Waals surface area contributed by atoms with E-state index in [-0.39, 0.29) is 11.3 Å². The maximum atomic E-state index is 13.5. The number of nitrogens with one attached hydrogen (secondary N) is 2. The van der Waals surface area contributed by atoms with Crippen molar-refractivity contribution in [1.29, 1.82) is 0 Å². The number of aromatic nitrogens is 1. The number of amides is 1. The van der Waals surface area contributed by atoms with E-state index in [1.807, 2.05) is 38.1 Å². The average molecular weight is 564 g/mol. The van der Waals surface area contributed by atoms with Crippen molar-refractivity contribution in [2.75, 3.05) is 31.8 Å². The van der Waals surface area contributed by atoms with Crippen LogP contribution in [-0.2, 0) is 23.0 Å². The Morgan fingerprint density at radius 2 is 1.88 bits per heavy atom. The summed E-state index contributed by atoms with van der Waals surface area (Å²) >= 11 is -1.31. The third-order valence-electron chi connectivity index (χ3n) is 7.45. The largest absolute Gasteiger partial charge is 0.612 e. The molecule has 1 unspecified atom stereocenters. The Bertz CT molecular complexity index is 1360. The fourth-order valence-corrected chi connectivity index (χ4v) is 6.33. The third kappa shape index (κ3) is 6.97. The zero-order valence-corrected chi connectivity index (χ0v) is 25.5. The Balaban J connectivity index is 1.59. The topological polar surface area (TPSA) is 95.5 Å². The van der Waals surface area contributed by atoms with Crippen molar-refractivity contribution in [3.63, 3.8) is 0 Å². The van der Waals surface area contributed by atoms with Crippen LogP contribution in [0.4, 0.5) is 5.69 Å². The molecule has 0 spiro atoms. The lowest BCUT2D eigenvalue weighted by Gasteiger charge is -2.26. The predicted molar refractivity (Wildman–Crippen MR) is 162 cm³/mol. The molecule has 0 bridgehead atoms. The first-order valence-electron chi connectivity index (χ1n) is 13.8. The minimum Gasteiger partial charge on any atom is -0.612 e. The molecule has 2 heterocycles. The normalized spacial score (nSPS) is 15.0. The number of piperidine rings is 1. The van der Waals surface area contributed by atoms with Crippen LogP contribution in [0.3, 0.4) is 0 Å². The summed E-state index contributed by atoms with van der Waals surface area (Å²) in [6, 6.07) is 11.2. The Labute approximate surface area is 241 Å². The van der Waals surface area contributed by atoms with Crippen LogP contribution < -0.4 is 20.1 Å². The SMILES string of the molecule is COc1c(NC(=O)c2ccc(C)c(Oc3ccnc(CC4CCNCC4)c3)c2)cc(C(C)(C)C)c(C)c1[S+](C)[O-]. The number of aryl methyl sites for hydroxylation is 1. The van der Waals surface area contributed by atoms with Crippen molar-refractivity contribution < 1.29 is 18.8 Å². The van der Waals surface area contributed by atoms with E-state index in [1.165, 1.54) is 7.11 Å². The van der Waals surface area contributed by atoms with E-state index in [9.17, 15) is 9.35 Å². The number of hydrogen-bond donors (Lipinski definition) is 2. The first kappa shape index (κ1) is 29.9. The fraction of sp³-hybridized carbons (Fsp3) is 0.438. The number of hydrogen-bond acceptors (Lipinski definition) is 6. The molecule has 1 atom stereocenters. The van der Waals surface area contributed by atoms with Gasteiger partial charge in [0.15, 0.2) is 10.6 Å². The smallest absolute Gasteiger partial charge is 0.255 e. The van der Waals surface area contributed by atoms with E-state index in [1.54, 1.807) is 24.6 Å². The number of rotatable bonds is 8. The molecule has 1 aliphatic heterocycles. The van der Waals surface area contributed by atoms with E-state index in [4.69, 9.17) is 9.47 Å². The second-order valence-corrected chi connectivity index (χ2v) is 12.9. The molecule has 2 aromatic carbocycles. The van der Waals surface area contributed by atoms with Crippen LogP contribution in [0.25, 0.3) is 0 Å². The molecule has 40 heavy (non-hydrogen) atoms. The summed E-state index contributed by atoms with van der Waals surface area (Å²) in [4.78, 5) is 18.6. The van der Waals surface area contributed by atoms with Gasteiger partial charge in [-0.05, 0) is 104 Å². The zero-order valence-electron chi connectivity index (χ0n) is 24.6. The summed E-state index contributed by atoms with van der Waals surface area (Å²) in [6.07, 6.45) is 6.65. The van der Waals surface area contributed by atoms with Crippen LogP contribution in [-0.4, -0.2) is 41.9 Å². The molecule has 1 amide bonds. The minimum atomic E-state index is -1.31. The van der Waals surface area contributed by atoms with Gasteiger partial charge in [-0.3, -0.25) is 9.78 Å². The molecule has 7 nitrogen and oxygen atoms in total. The fourth-order valence-electron chi connectivity index (χ4n) is 5.34. The van der Waals surface area contributed by atoms with Gasteiger partial charge < -0.3 is 24.7 Å². The number of benzene rings is 2.